The van der Waals surface area contributed by atoms with Crippen LogP contribution in [-0.4, -0.2) is 24.2 Å². The lowest BCUT2D eigenvalue weighted by atomic mass is 9.99. The van der Waals surface area contributed by atoms with Gasteiger partial charge in [-0.15, -0.1) is 0 Å². The smallest absolute Gasteiger partial charge is 0.267 e. The first-order chi connectivity index (χ1) is 10.3. The molecule has 2 heterocycles. The van der Waals surface area contributed by atoms with E-state index in [1.807, 2.05) is 6.92 Å². The summed E-state index contributed by atoms with van der Waals surface area (Å²) in [4.78, 5) is 0.194. The van der Waals surface area contributed by atoms with Crippen molar-refractivity contribution in [2.45, 2.75) is 37.6 Å². The maximum Gasteiger partial charge on any atom is 0.267 e. The highest BCUT2D eigenvalue weighted by Gasteiger charge is 2.35. The van der Waals surface area contributed by atoms with E-state index in [0.717, 1.165) is 5.56 Å². The molecule has 0 saturated heterocycles. The van der Waals surface area contributed by atoms with E-state index < -0.39 is 10.0 Å². The van der Waals surface area contributed by atoms with Crippen LogP contribution in [0.1, 0.15) is 24.6 Å². The first-order valence-electron chi connectivity index (χ1n) is 7.14. The minimum absolute atomic E-state index is 0.178. The Morgan fingerprint density at radius 2 is 2.09 bits per heavy atom. The highest BCUT2D eigenvalue weighted by Crippen LogP contribution is 2.36. The average Bonchev–Trinajstić information content (AvgIpc) is 2.79. The molecule has 22 heavy (non-hydrogen) atoms. The predicted octanol–water partition coefficient (Wildman–Crippen LogP) is 2.40. The Kier molecular flexibility index (Phi) is 3.47. The molecule has 1 unspecified atom stereocenters. The van der Waals surface area contributed by atoms with Gasteiger partial charge in [0.05, 0.1) is 17.6 Å². The zero-order chi connectivity index (χ0) is 16.1. The van der Waals surface area contributed by atoms with Crippen LogP contribution in [0, 0.1) is 12.7 Å². The van der Waals surface area contributed by atoms with Crippen LogP contribution in [-0.2, 0) is 23.5 Å². The molecule has 7 heteroatoms. The van der Waals surface area contributed by atoms with Crippen LogP contribution in [0.25, 0.3) is 0 Å². The number of fused-ring (bicyclic) bond motifs is 1. The fourth-order valence-corrected chi connectivity index (χ4v) is 4.81. The van der Waals surface area contributed by atoms with Crippen molar-refractivity contribution in [2.75, 3.05) is 4.31 Å². The van der Waals surface area contributed by atoms with Gasteiger partial charge in [-0.1, -0.05) is 0 Å². The van der Waals surface area contributed by atoms with E-state index in [4.69, 9.17) is 0 Å². The van der Waals surface area contributed by atoms with E-state index in [0.29, 0.717) is 24.2 Å². The molecule has 0 aliphatic carbocycles. The summed E-state index contributed by atoms with van der Waals surface area (Å²) in [6, 6.07) is 4.08. The Morgan fingerprint density at radius 1 is 1.36 bits per heavy atom. The molecule has 0 fully saturated rings. The van der Waals surface area contributed by atoms with E-state index >= 15 is 0 Å². The topological polar surface area (TPSA) is 55.2 Å². The van der Waals surface area contributed by atoms with Crippen molar-refractivity contribution in [2.24, 2.45) is 7.05 Å². The number of anilines is 1. The first-order valence-corrected chi connectivity index (χ1v) is 8.58. The van der Waals surface area contributed by atoms with Crippen LogP contribution in [0.4, 0.5) is 10.1 Å². The lowest BCUT2D eigenvalue weighted by molar-refractivity contribution is 0.559. The number of hydrogen-bond acceptors (Lipinski definition) is 3. The van der Waals surface area contributed by atoms with Crippen LogP contribution in [0.5, 0.6) is 0 Å². The lowest BCUT2D eigenvalue weighted by Crippen LogP contribution is -2.42. The third-order valence-corrected chi connectivity index (χ3v) is 6.27. The second-order valence-corrected chi connectivity index (χ2v) is 7.46. The molecule has 0 radical (unpaired) electrons. The number of rotatable bonds is 2. The number of sulfonamides is 1. The van der Waals surface area contributed by atoms with Gasteiger partial charge in [0.2, 0.25) is 0 Å². The fourth-order valence-electron chi connectivity index (χ4n) is 2.89. The summed E-state index contributed by atoms with van der Waals surface area (Å²) >= 11 is 0. The highest BCUT2D eigenvalue weighted by atomic mass is 32.2. The zero-order valence-electron chi connectivity index (χ0n) is 12.7. The quantitative estimate of drug-likeness (QED) is 0.853. The number of halogens is 1. The molecule has 1 aliphatic heterocycles. The molecule has 0 amide bonds. The third kappa shape index (κ3) is 2.20. The number of aromatic nitrogens is 2. The summed E-state index contributed by atoms with van der Waals surface area (Å²) in [5.74, 6) is -0.344. The molecule has 0 spiro atoms. The normalized spacial score (nSPS) is 18.4. The molecule has 0 saturated carbocycles. The fraction of sp³-hybridized carbons (Fsp3) is 0.400. The Morgan fingerprint density at radius 3 is 2.73 bits per heavy atom. The van der Waals surface area contributed by atoms with Crippen molar-refractivity contribution >= 4 is 15.7 Å². The second-order valence-electron chi connectivity index (χ2n) is 5.68. The Hall–Kier alpha value is -1.89. The van der Waals surface area contributed by atoms with E-state index in [2.05, 4.69) is 5.10 Å². The number of nitrogens with zero attached hydrogens (tertiary/aromatic N) is 3. The van der Waals surface area contributed by atoms with Gasteiger partial charge in [-0.2, -0.15) is 5.10 Å². The second kappa shape index (κ2) is 5.08. The first kappa shape index (κ1) is 15.0. The third-order valence-electron chi connectivity index (χ3n) is 4.24. The number of benzene rings is 1. The monoisotopic (exact) mass is 323 g/mol. The molecule has 1 atom stereocenters. The van der Waals surface area contributed by atoms with Gasteiger partial charge in [0.25, 0.3) is 10.0 Å². The molecule has 1 aromatic carbocycles. The summed E-state index contributed by atoms with van der Waals surface area (Å²) < 4.78 is 42.5. The summed E-state index contributed by atoms with van der Waals surface area (Å²) in [5.41, 5.74) is 1.87. The van der Waals surface area contributed by atoms with Gasteiger partial charge in [0.15, 0.2) is 0 Å². The van der Waals surface area contributed by atoms with Crippen molar-refractivity contribution in [3.63, 3.8) is 0 Å². The van der Waals surface area contributed by atoms with E-state index in [-0.39, 0.29) is 16.8 Å². The molecule has 5 nitrogen and oxygen atoms in total. The summed E-state index contributed by atoms with van der Waals surface area (Å²) in [6.45, 7) is 3.59. The molecule has 0 bridgehead atoms. The molecular formula is C15H18FN3O2S. The maximum atomic E-state index is 13.4. The van der Waals surface area contributed by atoms with Gasteiger partial charge in [-0.05, 0) is 50.5 Å². The minimum Gasteiger partial charge on any atom is -0.272 e. The summed E-state index contributed by atoms with van der Waals surface area (Å²) in [5, 5.41) is 4.02. The van der Waals surface area contributed by atoms with E-state index in [1.165, 1.54) is 27.3 Å². The standard InChI is InChI=1S/C15H18FN3O2S/c1-10-4-5-12-8-13(16)6-7-14(12)19(10)22(20,21)15-9-17-18(3)11(15)2/h6-10H,4-5H2,1-3H3. The van der Waals surface area contributed by atoms with E-state index in [1.54, 1.807) is 20.0 Å². The summed E-state index contributed by atoms with van der Waals surface area (Å²) in [6.07, 6.45) is 2.70. The summed E-state index contributed by atoms with van der Waals surface area (Å²) in [7, 11) is -2.01. The zero-order valence-corrected chi connectivity index (χ0v) is 13.6. The molecular weight excluding hydrogens is 305 g/mol. The van der Waals surface area contributed by atoms with E-state index in [9.17, 15) is 12.8 Å². The van der Waals surface area contributed by atoms with Gasteiger partial charge in [-0.3, -0.25) is 8.99 Å². The van der Waals surface area contributed by atoms with Gasteiger partial charge in [-0.25, -0.2) is 12.8 Å². The molecule has 3 rings (SSSR count). The van der Waals surface area contributed by atoms with Gasteiger partial charge >= 0.3 is 0 Å². The van der Waals surface area contributed by atoms with Crippen LogP contribution in [0.15, 0.2) is 29.3 Å². The van der Waals surface area contributed by atoms with Gasteiger partial charge in [0.1, 0.15) is 10.7 Å². The minimum atomic E-state index is -3.72. The number of aryl methyl sites for hydroxylation is 2. The SMILES string of the molecule is Cc1c(S(=O)(=O)N2c3ccc(F)cc3CCC2C)cnn1C. The highest BCUT2D eigenvalue weighted by molar-refractivity contribution is 7.93. The molecule has 2 aromatic rings. The van der Waals surface area contributed by atoms with Crippen LogP contribution < -0.4 is 4.31 Å². The van der Waals surface area contributed by atoms with Gasteiger partial charge in [0, 0.05) is 13.1 Å². The average molecular weight is 323 g/mol. The van der Waals surface area contributed by atoms with Gasteiger partial charge < -0.3 is 0 Å². The van der Waals surface area contributed by atoms with Crippen molar-refractivity contribution in [3.05, 3.63) is 41.5 Å². The number of hydrogen-bond donors (Lipinski definition) is 0. The van der Waals surface area contributed by atoms with Crippen molar-refractivity contribution in [1.29, 1.82) is 0 Å². The molecule has 1 aliphatic rings. The molecule has 0 N–H and O–H groups in total. The lowest BCUT2D eigenvalue weighted by Gasteiger charge is -2.35. The van der Waals surface area contributed by atoms with Crippen molar-refractivity contribution in [3.8, 4) is 0 Å². The van der Waals surface area contributed by atoms with Crippen molar-refractivity contribution in [1.82, 2.24) is 9.78 Å². The molecule has 118 valence electrons. The van der Waals surface area contributed by atoms with Crippen LogP contribution in [0.2, 0.25) is 0 Å². The maximum absolute atomic E-state index is 13.4. The Labute approximate surface area is 129 Å². The van der Waals surface area contributed by atoms with Crippen molar-refractivity contribution < 1.29 is 12.8 Å². The molecule has 1 aromatic heterocycles. The van der Waals surface area contributed by atoms with Crippen LogP contribution >= 0.6 is 0 Å². The predicted molar refractivity (Wildman–Crippen MR) is 81.8 cm³/mol. The Balaban J connectivity index is 2.17. The largest absolute Gasteiger partial charge is 0.272 e. The van der Waals surface area contributed by atoms with Crippen LogP contribution in [0.3, 0.4) is 0 Å². The Bertz CT molecular complexity index is 829.